The Kier molecular flexibility index (Phi) is 40.0. The average molecular weight is 1070 g/mol. The lowest BCUT2D eigenvalue weighted by Gasteiger charge is -2.17. The summed E-state index contributed by atoms with van der Waals surface area (Å²) in [7, 11) is -3.79. The number of hydrogen-bond donors (Lipinski definition) is 8. The molecule has 0 aliphatic carbocycles. The molecule has 2 unspecified atom stereocenters. The van der Waals surface area contributed by atoms with Crippen LogP contribution in [0, 0.1) is 0 Å². The lowest BCUT2D eigenvalue weighted by molar-refractivity contribution is -0.143. The molecule has 24 heteroatoms. The molecule has 0 bridgehead atoms. The molecular formula is C50H89N9O14S. The van der Waals surface area contributed by atoms with Crippen molar-refractivity contribution in [1.29, 1.82) is 0 Å². The zero-order valence-electron chi connectivity index (χ0n) is 44.1. The number of aromatic nitrogens is 4. The molecule has 0 radical (unpaired) electrons. The van der Waals surface area contributed by atoms with Gasteiger partial charge in [0, 0.05) is 51.6 Å². The summed E-state index contributed by atoms with van der Waals surface area (Å²) in [6.07, 6.45) is 23.0. The molecule has 8 N–H and O–H groups in total. The van der Waals surface area contributed by atoms with Gasteiger partial charge < -0.3 is 41.0 Å². The number of rotatable bonds is 51. The molecular weight excluding hydrogens is 983 g/mol. The first-order chi connectivity index (χ1) is 35.6. The number of ether oxygens (including phenoxy) is 2. The highest BCUT2D eigenvalue weighted by atomic mass is 32.2. The highest BCUT2D eigenvalue weighted by Gasteiger charge is 2.24. The molecule has 0 saturated carbocycles. The number of Topliss-reactive ketones (excluding diaryl/α,β-unsaturated/α-hetero) is 1. The number of aliphatic carboxylic acids is 2. The van der Waals surface area contributed by atoms with E-state index in [-0.39, 0.29) is 102 Å². The number of carboxylic acid groups (broad SMARTS) is 2. The monoisotopic (exact) mass is 1070 g/mol. The first-order valence-corrected chi connectivity index (χ1v) is 28.7. The van der Waals surface area contributed by atoms with E-state index >= 15 is 0 Å². The summed E-state index contributed by atoms with van der Waals surface area (Å²) in [6, 6.07) is -2.71. The second-order valence-corrected chi connectivity index (χ2v) is 20.7. The van der Waals surface area contributed by atoms with E-state index in [0.29, 0.717) is 19.4 Å². The Morgan fingerprint density at radius 3 is 1.46 bits per heavy atom. The Morgan fingerprint density at radius 2 is 0.946 bits per heavy atom. The van der Waals surface area contributed by atoms with Gasteiger partial charge in [-0.3, -0.25) is 33.5 Å². The summed E-state index contributed by atoms with van der Waals surface area (Å²) in [5.74, 6) is -4.59. The van der Waals surface area contributed by atoms with Crippen LogP contribution in [-0.4, -0.2) is 144 Å². The Labute approximate surface area is 438 Å². The van der Waals surface area contributed by atoms with E-state index < -0.39 is 57.7 Å². The molecule has 0 fully saturated rings. The highest BCUT2D eigenvalue weighted by molar-refractivity contribution is 7.90. The van der Waals surface area contributed by atoms with Gasteiger partial charge in [-0.2, -0.15) is 0 Å². The van der Waals surface area contributed by atoms with Crippen LogP contribution in [0.1, 0.15) is 205 Å². The number of amides is 5. The van der Waals surface area contributed by atoms with Crippen LogP contribution < -0.4 is 26.0 Å². The molecule has 23 nitrogen and oxygen atoms in total. The van der Waals surface area contributed by atoms with Crippen LogP contribution in [0.3, 0.4) is 0 Å². The maximum Gasteiger partial charge on any atom is 0.326 e. The van der Waals surface area contributed by atoms with Gasteiger partial charge in [-0.05, 0) is 62.3 Å². The number of tetrazole rings is 1. The van der Waals surface area contributed by atoms with Crippen LogP contribution in [0.15, 0.2) is 0 Å². The summed E-state index contributed by atoms with van der Waals surface area (Å²) in [4.78, 5) is 95.8. The van der Waals surface area contributed by atoms with Gasteiger partial charge in [0.2, 0.25) is 39.6 Å². The predicted molar refractivity (Wildman–Crippen MR) is 276 cm³/mol. The molecule has 1 aromatic heterocycles. The van der Waals surface area contributed by atoms with Crippen LogP contribution in [0.25, 0.3) is 0 Å². The van der Waals surface area contributed by atoms with E-state index in [1.165, 1.54) is 58.3 Å². The van der Waals surface area contributed by atoms with E-state index in [1.807, 2.05) is 0 Å². The second-order valence-electron chi connectivity index (χ2n) is 18.9. The average Bonchev–Trinajstić information content (AvgIpc) is 3.87. The number of carboxylic acids is 2. The fourth-order valence-corrected chi connectivity index (χ4v) is 8.93. The molecule has 1 rings (SSSR count). The van der Waals surface area contributed by atoms with Crippen molar-refractivity contribution in [3.8, 4) is 0 Å². The van der Waals surface area contributed by atoms with Gasteiger partial charge in [0.25, 0.3) is 0 Å². The normalized spacial score (nSPS) is 12.1. The van der Waals surface area contributed by atoms with Gasteiger partial charge >= 0.3 is 11.9 Å². The SMILES string of the molecule is CC(=O)COCCOCCNC(=O)CCC(NC(=O)CCC(NC(=O)CCCCCCCCCCCNC(=O)CCCS(=O)(=O)NC(=O)CCCCCCCCCCCCCCCc1nnn[nH]1)C(=O)O)C(=O)O. The van der Waals surface area contributed by atoms with E-state index in [0.717, 1.165) is 89.3 Å². The third kappa shape index (κ3) is 41.3. The summed E-state index contributed by atoms with van der Waals surface area (Å²) < 4.78 is 37.2. The number of carbonyl (C=O) groups is 8. The minimum atomic E-state index is -3.79. The first-order valence-electron chi connectivity index (χ1n) is 27.1. The van der Waals surface area contributed by atoms with Gasteiger partial charge in [0.1, 0.15) is 24.5 Å². The number of sulfonamides is 1. The quantitative estimate of drug-likeness (QED) is 0.0403. The zero-order valence-corrected chi connectivity index (χ0v) is 44.9. The molecule has 5 amide bonds. The minimum Gasteiger partial charge on any atom is -0.480 e. The van der Waals surface area contributed by atoms with Gasteiger partial charge in [-0.15, -0.1) is 5.10 Å². The summed E-state index contributed by atoms with van der Waals surface area (Å²) in [6.45, 7) is 2.68. The molecule has 0 saturated heterocycles. The Bertz CT molecular complexity index is 1840. The number of nitrogens with zero attached hydrogens (tertiary/aromatic N) is 3. The van der Waals surface area contributed by atoms with Gasteiger partial charge in [0.05, 0.1) is 25.6 Å². The van der Waals surface area contributed by atoms with Crippen molar-refractivity contribution < 1.29 is 66.5 Å². The van der Waals surface area contributed by atoms with E-state index in [2.05, 4.69) is 46.6 Å². The van der Waals surface area contributed by atoms with Crippen LogP contribution in [-0.2, 0) is 64.3 Å². The lowest BCUT2D eigenvalue weighted by Crippen LogP contribution is -2.44. The Morgan fingerprint density at radius 1 is 0.514 bits per heavy atom. The maximum absolute atomic E-state index is 12.5. The smallest absolute Gasteiger partial charge is 0.326 e. The van der Waals surface area contributed by atoms with Gasteiger partial charge in [-0.25, -0.2) is 23.1 Å². The van der Waals surface area contributed by atoms with Crippen LogP contribution in [0.4, 0.5) is 0 Å². The number of aromatic amines is 1. The van der Waals surface area contributed by atoms with Crippen LogP contribution in [0.5, 0.6) is 0 Å². The van der Waals surface area contributed by atoms with Crippen molar-refractivity contribution in [3.05, 3.63) is 5.82 Å². The van der Waals surface area contributed by atoms with E-state index in [1.54, 1.807) is 0 Å². The number of H-pyrrole nitrogens is 1. The molecule has 424 valence electrons. The number of nitrogens with one attached hydrogen (secondary N) is 6. The Hall–Kier alpha value is -5.10. The molecule has 1 aromatic rings. The molecule has 2 atom stereocenters. The molecule has 0 aromatic carbocycles. The van der Waals surface area contributed by atoms with Crippen molar-refractivity contribution >= 4 is 57.3 Å². The summed E-state index contributed by atoms with van der Waals surface area (Å²) in [5, 5.41) is 43.1. The third-order valence-corrected chi connectivity index (χ3v) is 13.4. The number of hydrogen-bond acceptors (Lipinski definition) is 15. The molecule has 0 spiro atoms. The number of carbonyl (C=O) groups excluding carboxylic acids is 6. The van der Waals surface area contributed by atoms with Crippen molar-refractivity contribution in [2.45, 2.75) is 218 Å². The number of unbranched alkanes of at least 4 members (excludes halogenated alkanes) is 20. The van der Waals surface area contributed by atoms with E-state index in [9.17, 15) is 57.0 Å². The standard InChI is InChI=1S/C50H89N9O14S/c1-40(60)39-73-37-36-72-35-34-52-45(62)31-29-41(49(66)67)54-47(64)32-30-42(50(68)69)53-46(63)26-21-17-13-10-7-11-15-19-23-33-51-44(61)28-24-38-74(70,71)57-48(65)27-22-18-14-9-6-4-2-3-5-8-12-16-20-25-43-55-58-59-56-43/h41-42H,2-39H2,1H3,(H,51,61)(H,52,62)(H,53,63)(H,54,64)(H,57,65)(H,66,67)(H,68,69)(H,55,56,58,59). The Balaban J connectivity index is 2.00. The highest BCUT2D eigenvalue weighted by Crippen LogP contribution is 2.15. The van der Waals surface area contributed by atoms with Crippen molar-refractivity contribution in [2.24, 2.45) is 0 Å². The topological polar surface area (TPSA) is 344 Å². The number of ketones is 1. The van der Waals surface area contributed by atoms with Gasteiger partial charge in [-0.1, -0.05) is 116 Å². The maximum atomic E-state index is 12.5. The second kappa shape index (κ2) is 44.2. The summed E-state index contributed by atoms with van der Waals surface area (Å²) in [5.41, 5.74) is 0. The fourth-order valence-electron chi connectivity index (χ4n) is 7.86. The van der Waals surface area contributed by atoms with E-state index in [4.69, 9.17) is 9.47 Å². The molecule has 0 aliphatic heterocycles. The summed E-state index contributed by atoms with van der Waals surface area (Å²) >= 11 is 0. The van der Waals surface area contributed by atoms with Crippen molar-refractivity contribution in [1.82, 2.24) is 46.6 Å². The van der Waals surface area contributed by atoms with Gasteiger partial charge in [0.15, 0.2) is 5.78 Å². The van der Waals surface area contributed by atoms with Crippen LogP contribution >= 0.6 is 0 Å². The number of aryl methyl sites for hydroxylation is 1. The molecule has 1 heterocycles. The lowest BCUT2D eigenvalue weighted by atomic mass is 10.0. The minimum absolute atomic E-state index is 0.00815. The molecule has 0 aliphatic rings. The third-order valence-electron chi connectivity index (χ3n) is 12.0. The van der Waals surface area contributed by atoms with Crippen molar-refractivity contribution in [3.63, 3.8) is 0 Å². The fraction of sp³-hybridized carbons (Fsp3) is 0.820. The predicted octanol–water partition coefficient (Wildman–Crippen LogP) is 4.88. The van der Waals surface area contributed by atoms with Crippen molar-refractivity contribution in [2.75, 3.05) is 45.3 Å². The van der Waals surface area contributed by atoms with Crippen LogP contribution in [0.2, 0.25) is 0 Å². The first kappa shape index (κ1) is 66.9. The molecule has 74 heavy (non-hydrogen) atoms. The zero-order chi connectivity index (χ0) is 54.5. The largest absolute Gasteiger partial charge is 0.480 e.